The maximum Gasteiger partial charge on any atom is 0.313 e. The van der Waals surface area contributed by atoms with Crippen molar-refractivity contribution in [3.8, 4) is 0 Å². The Bertz CT molecular complexity index is 1170. The van der Waals surface area contributed by atoms with Crippen LogP contribution in [0.4, 0.5) is 0 Å². The molecule has 4 heterocycles. The van der Waals surface area contributed by atoms with Crippen molar-refractivity contribution >= 4 is 23.7 Å². The van der Waals surface area contributed by atoms with E-state index < -0.39 is 41.7 Å². The molecule has 2 fully saturated rings. The molecule has 1 spiro atoms. The first kappa shape index (κ1) is 27.1. The fourth-order valence-corrected chi connectivity index (χ4v) is 6.14. The minimum atomic E-state index is -1.37. The predicted octanol–water partition coefficient (Wildman–Crippen LogP) is 0.946. The third-order valence-corrected chi connectivity index (χ3v) is 7.89. The van der Waals surface area contributed by atoms with Gasteiger partial charge in [-0.15, -0.1) is 0 Å². The Morgan fingerprint density at radius 1 is 1.10 bits per heavy atom. The van der Waals surface area contributed by atoms with Gasteiger partial charge in [-0.3, -0.25) is 19.2 Å². The summed E-state index contributed by atoms with van der Waals surface area (Å²) in [5.74, 6) is -3.31. The van der Waals surface area contributed by atoms with Gasteiger partial charge in [0.05, 0.1) is 18.6 Å². The highest BCUT2D eigenvalue weighted by Gasteiger charge is 2.71. The van der Waals surface area contributed by atoms with Crippen molar-refractivity contribution in [2.24, 2.45) is 11.8 Å². The van der Waals surface area contributed by atoms with Gasteiger partial charge in [-0.2, -0.15) is 0 Å². The number of hydrogen-bond acceptors (Lipinski definition) is 7. The molecule has 10 nitrogen and oxygen atoms in total. The van der Waals surface area contributed by atoms with E-state index in [1.165, 1.54) is 4.90 Å². The molecule has 0 saturated carbocycles. The molecule has 6 atom stereocenters. The van der Waals surface area contributed by atoms with Crippen LogP contribution in [0.2, 0.25) is 0 Å². The SMILES string of the molecule is C[C@@H]1CNC(=O)CC/C=C\[C@H]2O[C@]34C=CCN(Cc5ccccc5)C(=O)[C@H]3N(CCCO)C(=O)[C@@H]4[C@H]2C(=O)O1. The molecule has 0 unspecified atom stereocenters. The highest BCUT2D eigenvalue weighted by Crippen LogP contribution is 2.53. The van der Waals surface area contributed by atoms with Crippen LogP contribution in [0.25, 0.3) is 0 Å². The summed E-state index contributed by atoms with van der Waals surface area (Å²) in [5, 5.41) is 12.3. The molecule has 0 radical (unpaired) electrons. The number of carbonyl (C=O) groups is 4. The molecule has 1 aromatic carbocycles. The molecule has 10 heteroatoms. The fraction of sp³-hybridized carbons (Fsp3) is 0.517. The van der Waals surface area contributed by atoms with Gasteiger partial charge in [-0.25, -0.2) is 0 Å². The van der Waals surface area contributed by atoms with E-state index in [9.17, 15) is 24.3 Å². The molecule has 4 aliphatic rings. The third-order valence-electron chi connectivity index (χ3n) is 7.89. The van der Waals surface area contributed by atoms with Crippen molar-refractivity contribution in [2.75, 3.05) is 26.2 Å². The summed E-state index contributed by atoms with van der Waals surface area (Å²) in [5.41, 5.74) is -0.416. The maximum atomic E-state index is 14.2. The monoisotopic (exact) mass is 537 g/mol. The lowest BCUT2D eigenvalue weighted by atomic mass is 9.78. The number of nitrogens with one attached hydrogen (secondary N) is 1. The zero-order chi connectivity index (χ0) is 27.6. The number of fused-ring (bicyclic) bond motifs is 2. The number of aliphatic hydroxyl groups is 1. The van der Waals surface area contributed by atoms with Crippen LogP contribution < -0.4 is 5.32 Å². The van der Waals surface area contributed by atoms with Crippen LogP contribution >= 0.6 is 0 Å². The van der Waals surface area contributed by atoms with Crippen LogP contribution in [0.3, 0.4) is 0 Å². The van der Waals surface area contributed by atoms with E-state index in [2.05, 4.69) is 5.32 Å². The Morgan fingerprint density at radius 3 is 2.67 bits per heavy atom. The number of amides is 3. The summed E-state index contributed by atoms with van der Waals surface area (Å²) in [6.07, 6.45) is 6.70. The molecule has 39 heavy (non-hydrogen) atoms. The number of likely N-dealkylation sites (tertiary alicyclic amines) is 1. The second-order valence-electron chi connectivity index (χ2n) is 10.6. The zero-order valence-electron chi connectivity index (χ0n) is 22.0. The number of esters is 1. The molecule has 0 aliphatic carbocycles. The van der Waals surface area contributed by atoms with E-state index >= 15 is 0 Å². The first-order valence-electron chi connectivity index (χ1n) is 13.6. The van der Waals surface area contributed by atoms with E-state index in [0.29, 0.717) is 19.5 Å². The molecule has 2 saturated heterocycles. The van der Waals surface area contributed by atoms with Crippen molar-refractivity contribution in [3.63, 3.8) is 0 Å². The minimum Gasteiger partial charge on any atom is -0.460 e. The smallest absolute Gasteiger partial charge is 0.313 e. The Morgan fingerprint density at radius 2 is 1.90 bits per heavy atom. The average molecular weight is 538 g/mol. The van der Waals surface area contributed by atoms with E-state index in [1.807, 2.05) is 36.4 Å². The van der Waals surface area contributed by atoms with Crippen LogP contribution in [0.5, 0.6) is 0 Å². The van der Waals surface area contributed by atoms with Gasteiger partial charge >= 0.3 is 5.97 Å². The number of cyclic esters (lactones) is 1. The average Bonchev–Trinajstić information content (AvgIpc) is 3.31. The first-order chi connectivity index (χ1) is 18.9. The van der Waals surface area contributed by atoms with Gasteiger partial charge in [-0.05, 0) is 25.3 Å². The lowest BCUT2D eigenvalue weighted by Gasteiger charge is -2.35. The number of hydrogen-bond donors (Lipinski definition) is 2. The maximum absolute atomic E-state index is 14.2. The molecule has 1 aromatic rings. The number of benzene rings is 1. The summed E-state index contributed by atoms with van der Waals surface area (Å²) < 4.78 is 12.3. The van der Waals surface area contributed by atoms with Crippen LogP contribution in [0, 0.1) is 11.8 Å². The number of rotatable bonds is 5. The predicted molar refractivity (Wildman–Crippen MR) is 140 cm³/mol. The Balaban J connectivity index is 1.54. The highest BCUT2D eigenvalue weighted by atomic mass is 16.6. The Kier molecular flexibility index (Phi) is 7.86. The van der Waals surface area contributed by atoms with E-state index in [1.54, 1.807) is 30.1 Å². The second-order valence-corrected chi connectivity index (χ2v) is 10.6. The van der Waals surface area contributed by atoms with E-state index in [4.69, 9.17) is 9.47 Å². The molecule has 0 aromatic heterocycles. The van der Waals surface area contributed by atoms with Crippen molar-refractivity contribution in [1.29, 1.82) is 0 Å². The quantitative estimate of drug-likeness (QED) is 0.423. The molecule has 3 amide bonds. The van der Waals surface area contributed by atoms with E-state index in [0.717, 1.165) is 5.56 Å². The zero-order valence-corrected chi connectivity index (χ0v) is 22.0. The van der Waals surface area contributed by atoms with E-state index in [-0.39, 0.29) is 50.3 Å². The number of aliphatic hydroxyl groups excluding tert-OH is 1. The van der Waals surface area contributed by atoms with Crippen LogP contribution in [0.15, 0.2) is 54.6 Å². The van der Waals surface area contributed by atoms with Crippen LogP contribution in [0.1, 0.15) is 31.7 Å². The molecule has 208 valence electrons. The molecular weight excluding hydrogens is 502 g/mol. The lowest BCUT2D eigenvalue weighted by Crippen LogP contribution is -2.55. The normalized spacial score (nSPS) is 33.7. The second kappa shape index (κ2) is 11.3. The van der Waals surface area contributed by atoms with Gasteiger partial charge in [0.1, 0.15) is 23.7 Å². The molecular formula is C29H35N3O7. The van der Waals surface area contributed by atoms with Gasteiger partial charge in [0.2, 0.25) is 17.7 Å². The standard InChI is InChI=1S/C29H35N3O7/c1-19-17-30-22(34)12-6-5-11-21-23(28(37)38-19)24-26(35)32(15-8-16-33)25-27(36)31(14-7-13-29(24,25)39-21)18-20-9-3-2-4-10-20/h2-5,7,9-11,13,19,21,23-25,33H,6,8,12,14-18H2,1H3,(H,30,34)/b11-5-/t19-,21-,23+,24+,25-,29+/m1/s1. The number of carbonyl (C=O) groups excluding carboxylic acids is 4. The summed E-state index contributed by atoms with van der Waals surface area (Å²) >= 11 is 0. The molecule has 2 N–H and O–H groups in total. The molecule has 4 aliphatic heterocycles. The first-order valence-corrected chi connectivity index (χ1v) is 13.6. The van der Waals surface area contributed by atoms with Crippen molar-refractivity contribution in [2.45, 2.75) is 56.6 Å². The Hall–Kier alpha value is -3.50. The van der Waals surface area contributed by atoms with Gasteiger partial charge in [-0.1, -0.05) is 54.6 Å². The Labute approximate surface area is 227 Å². The topological polar surface area (TPSA) is 125 Å². The summed E-state index contributed by atoms with van der Waals surface area (Å²) in [4.78, 5) is 57.0. The van der Waals surface area contributed by atoms with Gasteiger partial charge in [0.15, 0.2) is 0 Å². The number of ether oxygens (including phenoxy) is 2. The van der Waals surface area contributed by atoms with Crippen molar-refractivity contribution in [3.05, 3.63) is 60.2 Å². The largest absolute Gasteiger partial charge is 0.460 e. The van der Waals surface area contributed by atoms with Crippen LogP contribution in [-0.2, 0) is 35.2 Å². The highest BCUT2D eigenvalue weighted by molar-refractivity contribution is 5.99. The van der Waals surface area contributed by atoms with Gasteiger partial charge in [0.25, 0.3) is 0 Å². The summed E-state index contributed by atoms with van der Waals surface area (Å²) in [6, 6.07) is 8.62. The van der Waals surface area contributed by atoms with Crippen molar-refractivity contribution < 1.29 is 33.8 Å². The third kappa shape index (κ3) is 5.10. The summed E-state index contributed by atoms with van der Waals surface area (Å²) in [6.45, 7) is 2.54. The van der Waals surface area contributed by atoms with Crippen molar-refractivity contribution in [1.82, 2.24) is 15.1 Å². The number of allylic oxidation sites excluding steroid dienone is 1. The molecule has 5 rings (SSSR count). The van der Waals surface area contributed by atoms with Gasteiger partial charge in [0, 0.05) is 32.7 Å². The molecule has 0 bridgehead atoms. The van der Waals surface area contributed by atoms with Crippen LogP contribution in [-0.4, -0.2) is 88.7 Å². The minimum absolute atomic E-state index is 0.145. The fourth-order valence-electron chi connectivity index (χ4n) is 6.14. The summed E-state index contributed by atoms with van der Waals surface area (Å²) in [7, 11) is 0. The lowest BCUT2D eigenvalue weighted by molar-refractivity contribution is -0.158. The number of nitrogens with zero attached hydrogens (tertiary/aromatic N) is 2. The van der Waals surface area contributed by atoms with Gasteiger partial charge < -0.3 is 29.7 Å².